The first kappa shape index (κ1) is 16.4. The minimum absolute atomic E-state index is 0.0556. The summed E-state index contributed by atoms with van der Waals surface area (Å²) in [6.07, 6.45) is 2.01. The lowest BCUT2D eigenvalue weighted by Gasteiger charge is -2.21. The van der Waals surface area contributed by atoms with E-state index in [0.29, 0.717) is 12.5 Å². The molecule has 0 fully saturated rings. The molecule has 0 aromatic heterocycles. The topological polar surface area (TPSA) is 40.5 Å². The highest BCUT2D eigenvalue weighted by atomic mass is 16.3. The van der Waals surface area contributed by atoms with Gasteiger partial charge in [0, 0.05) is 6.61 Å². The number of aliphatic hydroxyl groups excluding tert-OH is 2. The van der Waals surface area contributed by atoms with Crippen molar-refractivity contribution in [2.45, 2.75) is 60.5 Å². The van der Waals surface area contributed by atoms with E-state index in [-0.39, 0.29) is 11.5 Å². The second-order valence-electron chi connectivity index (χ2n) is 4.91. The predicted octanol–water partition coefficient (Wildman–Crippen LogP) is 2.83. The predicted molar refractivity (Wildman–Crippen MR) is 62.3 cm³/mol. The fourth-order valence-electron chi connectivity index (χ4n) is 0.547. The van der Waals surface area contributed by atoms with Gasteiger partial charge >= 0.3 is 0 Å². The molecule has 0 bridgehead atoms. The zero-order chi connectivity index (χ0) is 11.8. The number of hydrogen-bond donors (Lipinski definition) is 2. The highest BCUT2D eigenvalue weighted by Crippen LogP contribution is 2.17. The van der Waals surface area contributed by atoms with Gasteiger partial charge in [-0.1, -0.05) is 47.5 Å². The van der Waals surface area contributed by atoms with Crippen LogP contribution in [-0.2, 0) is 0 Å². The van der Waals surface area contributed by atoms with Gasteiger partial charge in [-0.15, -0.1) is 0 Å². The van der Waals surface area contributed by atoms with Crippen molar-refractivity contribution < 1.29 is 10.2 Å². The molecule has 2 heteroatoms. The van der Waals surface area contributed by atoms with Gasteiger partial charge in [0.2, 0.25) is 0 Å². The lowest BCUT2D eigenvalue weighted by atomic mass is 9.91. The molecule has 0 aliphatic heterocycles. The van der Waals surface area contributed by atoms with Crippen molar-refractivity contribution in [1.82, 2.24) is 0 Å². The first-order valence-electron chi connectivity index (χ1n) is 5.58. The Morgan fingerprint density at radius 3 is 1.36 bits per heavy atom. The Kier molecular flexibility index (Phi) is 9.63. The molecule has 14 heavy (non-hydrogen) atoms. The van der Waals surface area contributed by atoms with Crippen LogP contribution < -0.4 is 0 Å². The SMILES string of the molecule is CC(O)C(C)(C)C.CCC(CC)CO. The van der Waals surface area contributed by atoms with E-state index in [2.05, 4.69) is 13.8 Å². The largest absolute Gasteiger partial charge is 0.396 e. The fraction of sp³-hybridized carbons (Fsp3) is 1.00. The second-order valence-corrected chi connectivity index (χ2v) is 4.91. The summed E-state index contributed by atoms with van der Waals surface area (Å²) in [5, 5.41) is 17.4. The van der Waals surface area contributed by atoms with Crippen LogP contribution in [0.25, 0.3) is 0 Å². The molecule has 0 aromatic carbocycles. The van der Waals surface area contributed by atoms with Gasteiger partial charge < -0.3 is 10.2 Å². The molecule has 0 amide bonds. The van der Waals surface area contributed by atoms with E-state index in [1.54, 1.807) is 6.92 Å². The Balaban J connectivity index is 0. The maximum atomic E-state index is 8.89. The fourth-order valence-corrected chi connectivity index (χ4v) is 0.547. The third kappa shape index (κ3) is 10.0. The molecule has 0 aliphatic carbocycles. The van der Waals surface area contributed by atoms with Crippen molar-refractivity contribution in [2.75, 3.05) is 6.61 Å². The Bertz CT molecular complexity index is 104. The first-order valence-corrected chi connectivity index (χ1v) is 5.58. The summed E-state index contributed by atoms with van der Waals surface area (Å²) in [6.45, 7) is 12.4. The van der Waals surface area contributed by atoms with Crippen LogP contribution in [-0.4, -0.2) is 22.9 Å². The van der Waals surface area contributed by atoms with Gasteiger partial charge in [-0.05, 0) is 18.3 Å². The molecule has 1 unspecified atom stereocenters. The minimum atomic E-state index is -0.201. The summed E-state index contributed by atoms with van der Waals surface area (Å²) in [5.74, 6) is 0.542. The minimum Gasteiger partial charge on any atom is -0.396 e. The summed E-state index contributed by atoms with van der Waals surface area (Å²) in [6, 6.07) is 0. The van der Waals surface area contributed by atoms with E-state index in [1.807, 2.05) is 20.8 Å². The molecule has 0 saturated heterocycles. The van der Waals surface area contributed by atoms with Crippen molar-refractivity contribution in [3.8, 4) is 0 Å². The molecule has 2 N–H and O–H groups in total. The van der Waals surface area contributed by atoms with Crippen LogP contribution in [0.2, 0.25) is 0 Å². The van der Waals surface area contributed by atoms with Crippen LogP contribution >= 0.6 is 0 Å². The number of hydrogen-bond acceptors (Lipinski definition) is 2. The molecule has 0 heterocycles. The van der Waals surface area contributed by atoms with Crippen LogP contribution in [0, 0.1) is 11.3 Å². The molecule has 0 spiro atoms. The Morgan fingerprint density at radius 1 is 1.07 bits per heavy atom. The normalized spacial score (nSPS) is 13.5. The van der Waals surface area contributed by atoms with Gasteiger partial charge in [0.25, 0.3) is 0 Å². The zero-order valence-electron chi connectivity index (χ0n) is 10.7. The Morgan fingerprint density at radius 2 is 1.36 bits per heavy atom. The van der Waals surface area contributed by atoms with E-state index in [1.165, 1.54) is 0 Å². The number of aliphatic hydroxyl groups is 2. The lowest BCUT2D eigenvalue weighted by Crippen LogP contribution is -2.21. The molecular weight excluding hydrogens is 176 g/mol. The monoisotopic (exact) mass is 204 g/mol. The first-order chi connectivity index (χ1) is 6.29. The van der Waals surface area contributed by atoms with Gasteiger partial charge in [-0.2, -0.15) is 0 Å². The standard InChI is InChI=1S/2C6H14O/c1-5(7)6(2,3)4;1-3-6(4-2)5-7/h5,7H,1-4H3;6-7H,3-5H2,1-2H3. The second kappa shape index (κ2) is 8.25. The van der Waals surface area contributed by atoms with Crippen molar-refractivity contribution in [2.24, 2.45) is 11.3 Å². The average Bonchev–Trinajstić information content (AvgIpc) is 2.07. The van der Waals surface area contributed by atoms with Gasteiger partial charge in [-0.25, -0.2) is 0 Å². The highest BCUT2D eigenvalue weighted by Gasteiger charge is 2.15. The molecule has 1 atom stereocenters. The van der Waals surface area contributed by atoms with Crippen molar-refractivity contribution in [3.05, 3.63) is 0 Å². The van der Waals surface area contributed by atoms with E-state index >= 15 is 0 Å². The lowest BCUT2D eigenvalue weighted by molar-refractivity contribution is 0.0801. The molecule has 0 rings (SSSR count). The molecule has 88 valence electrons. The molecule has 0 radical (unpaired) electrons. The van der Waals surface area contributed by atoms with Crippen molar-refractivity contribution in [1.29, 1.82) is 0 Å². The maximum Gasteiger partial charge on any atom is 0.0560 e. The zero-order valence-corrected chi connectivity index (χ0v) is 10.7. The molecular formula is C12H28O2. The van der Waals surface area contributed by atoms with Crippen LogP contribution in [0.15, 0.2) is 0 Å². The third-order valence-corrected chi connectivity index (χ3v) is 2.67. The van der Waals surface area contributed by atoms with Crippen molar-refractivity contribution in [3.63, 3.8) is 0 Å². The summed E-state index contributed by atoms with van der Waals surface area (Å²) < 4.78 is 0. The smallest absolute Gasteiger partial charge is 0.0560 e. The average molecular weight is 204 g/mol. The summed E-state index contributed by atoms with van der Waals surface area (Å²) in [4.78, 5) is 0. The summed E-state index contributed by atoms with van der Waals surface area (Å²) >= 11 is 0. The Hall–Kier alpha value is -0.0800. The van der Waals surface area contributed by atoms with Gasteiger partial charge in [0.05, 0.1) is 6.10 Å². The number of rotatable bonds is 3. The highest BCUT2D eigenvalue weighted by molar-refractivity contribution is 4.66. The van der Waals surface area contributed by atoms with Crippen LogP contribution in [0.1, 0.15) is 54.4 Å². The van der Waals surface area contributed by atoms with Gasteiger partial charge in [0.1, 0.15) is 0 Å². The third-order valence-electron chi connectivity index (χ3n) is 2.67. The molecule has 0 aliphatic rings. The van der Waals surface area contributed by atoms with Gasteiger partial charge in [0.15, 0.2) is 0 Å². The Labute approximate surface area is 89.3 Å². The van der Waals surface area contributed by atoms with E-state index < -0.39 is 0 Å². The quantitative estimate of drug-likeness (QED) is 0.742. The van der Waals surface area contributed by atoms with Crippen LogP contribution in [0.4, 0.5) is 0 Å². The van der Waals surface area contributed by atoms with Gasteiger partial charge in [-0.3, -0.25) is 0 Å². The van der Waals surface area contributed by atoms with Crippen LogP contribution in [0.5, 0.6) is 0 Å². The molecule has 2 nitrogen and oxygen atoms in total. The van der Waals surface area contributed by atoms with Crippen molar-refractivity contribution >= 4 is 0 Å². The molecule has 0 aromatic rings. The summed E-state index contributed by atoms with van der Waals surface area (Å²) in [5.41, 5.74) is 0.0556. The van der Waals surface area contributed by atoms with Crippen LogP contribution in [0.3, 0.4) is 0 Å². The summed E-state index contributed by atoms with van der Waals surface area (Å²) in [7, 11) is 0. The van der Waals surface area contributed by atoms with E-state index in [9.17, 15) is 0 Å². The maximum absolute atomic E-state index is 8.89. The molecule has 0 saturated carbocycles. The van der Waals surface area contributed by atoms with E-state index in [4.69, 9.17) is 10.2 Å². The van der Waals surface area contributed by atoms with E-state index in [0.717, 1.165) is 12.8 Å².